The van der Waals surface area contributed by atoms with Crippen LogP contribution in [0.5, 0.6) is 0 Å². The maximum atomic E-state index is 13.1. The second-order valence-corrected chi connectivity index (χ2v) is 5.38. The molecule has 0 aliphatic heterocycles. The lowest BCUT2D eigenvalue weighted by atomic mass is 10.0. The summed E-state index contributed by atoms with van der Waals surface area (Å²) in [7, 11) is 0. The van der Waals surface area contributed by atoms with E-state index in [2.05, 4.69) is 5.32 Å². The third-order valence-electron chi connectivity index (χ3n) is 3.89. The number of anilines is 1. The summed E-state index contributed by atoms with van der Waals surface area (Å²) < 4.78 is 26.2. The first-order valence-corrected chi connectivity index (χ1v) is 7.07. The molecule has 1 aromatic rings. The Balaban J connectivity index is 2.23. The van der Waals surface area contributed by atoms with Crippen LogP contribution in [0.1, 0.15) is 44.1 Å². The summed E-state index contributed by atoms with van der Waals surface area (Å²) in [5, 5.41) is 13.8. The molecule has 3 N–H and O–H groups in total. The zero-order valence-corrected chi connectivity index (χ0v) is 11.6. The molecule has 0 heterocycles. The molecule has 1 aliphatic rings. The van der Waals surface area contributed by atoms with Crippen molar-refractivity contribution in [2.75, 3.05) is 5.32 Å². The molecule has 0 aromatic heterocycles. The highest BCUT2D eigenvalue weighted by atomic mass is 19.3. The van der Waals surface area contributed by atoms with Gasteiger partial charge in [-0.15, -0.1) is 0 Å². The monoisotopic (exact) mass is 299 g/mol. The normalized spacial score (nSPS) is 22.9. The highest BCUT2D eigenvalue weighted by Gasteiger charge is 2.24. The number of rotatable bonds is 4. The van der Waals surface area contributed by atoms with Crippen molar-refractivity contribution in [1.29, 1.82) is 0 Å². The van der Waals surface area contributed by atoms with Crippen LogP contribution in [0.15, 0.2) is 18.2 Å². The maximum absolute atomic E-state index is 13.1. The van der Waals surface area contributed by atoms with Crippen LogP contribution in [0.4, 0.5) is 20.2 Å². The molecule has 0 bridgehead atoms. The fourth-order valence-corrected chi connectivity index (χ4v) is 2.69. The Bertz CT molecular complexity index is 511. The number of nitro groups is 1. The minimum atomic E-state index is -2.77. The minimum absolute atomic E-state index is 0.0774. The molecule has 7 heteroatoms. The van der Waals surface area contributed by atoms with Crippen molar-refractivity contribution in [2.24, 2.45) is 5.73 Å². The molecule has 1 fully saturated rings. The molecule has 116 valence electrons. The summed E-state index contributed by atoms with van der Waals surface area (Å²) in [6, 6.07) is 3.34. The van der Waals surface area contributed by atoms with E-state index in [0.717, 1.165) is 38.2 Å². The van der Waals surface area contributed by atoms with Gasteiger partial charge in [0.05, 0.1) is 4.92 Å². The average molecular weight is 299 g/mol. The Kier molecular flexibility index (Phi) is 5.06. The van der Waals surface area contributed by atoms with Gasteiger partial charge >= 0.3 is 0 Å². The summed E-state index contributed by atoms with van der Waals surface area (Å²) in [5.41, 5.74) is 5.63. The predicted molar refractivity (Wildman–Crippen MR) is 76.5 cm³/mol. The molecular weight excluding hydrogens is 280 g/mol. The van der Waals surface area contributed by atoms with Gasteiger partial charge in [0, 0.05) is 35.5 Å². The first-order valence-electron chi connectivity index (χ1n) is 7.07. The smallest absolute Gasteiger partial charge is 0.270 e. The molecule has 0 radical (unpaired) electrons. The average Bonchev–Trinajstić information content (AvgIpc) is 2.64. The van der Waals surface area contributed by atoms with Crippen LogP contribution in [0.25, 0.3) is 0 Å². The lowest BCUT2D eigenvalue weighted by Gasteiger charge is -2.25. The second kappa shape index (κ2) is 6.80. The number of non-ortho nitro benzene ring substituents is 1. The molecule has 21 heavy (non-hydrogen) atoms. The molecule has 0 saturated heterocycles. The van der Waals surface area contributed by atoms with Crippen LogP contribution in [0, 0.1) is 10.1 Å². The van der Waals surface area contributed by atoms with Crippen molar-refractivity contribution in [3.63, 3.8) is 0 Å². The van der Waals surface area contributed by atoms with Crippen molar-refractivity contribution in [3.05, 3.63) is 33.9 Å². The molecule has 1 aliphatic carbocycles. The summed E-state index contributed by atoms with van der Waals surface area (Å²) in [5.74, 6) is 0. The molecule has 2 atom stereocenters. The van der Waals surface area contributed by atoms with Crippen LogP contribution in [-0.2, 0) is 0 Å². The van der Waals surface area contributed by atoms with E-state index in [1.807, 2.05) is 0 Å². The first kappa shape index (κ1) is 15.6. The molecule has 1 saturated carbocycles. The third kappa shape index (κ3) is 3.87. The fraction of sp³-hybridized carbons (Fsp3) is 0.571. The van der Waals surface area contributed by atoms with Gasteiger partial charge in [0.15, 0.2) is 0 Å². The number of hydrogen-bond donors (Lipinski definition) is 2. The molecular formula is C14H19F2N3O2. The lowest BCUT2D eigenvalue weighted by molar-refractivity contribution is -0.385. The van der Waals surface area contributed by atoms with Crippen LogP contribution in [0.3, 0.4) is 0 Å². The minimum Gasteiger partial charge on any atom is -0.380 e. The Morgan fingerprint density at radius 3 is 2.67 bits per heavy atom. The van der Waals surface area contributed by atoms with Gasteiger partial charge in [-0.3, -0.25) is 10.1 Å². The molecule has 2 rings (SSSR count). The topological polar surface area (TPSA) is 81.2 Å². The van der Waals surface area contributed by atoms with Crippen LogP contribution >= 0.6 is 0 Å². The van der Waals surface area contributed by atoms with Crippen molar-refractivity contribution >= 4 is 11.4 Å². The molecule has 5 nitrogen and oxygen atoms in total. The van der Waals surface area contributed by atoms with Crippen molar-refractivity contribution in [1.82, 2.24) is 0 Å². The highest BCUT2D eigenvalue weighted by molar-refractivity contribution is 5.57. The van der Waals surface area contributed by atoms with E-state index in [-0.39, 0.29) is 29.0 Å². The van der Waals surface area contributed by atoms with E-state index in [9.17, 15) is 18.9 Å². The Morgan fingerprint density at radius 1 is 1.29 bits per heavy atom. The largest absolute Gasteiger partial charge is 0.380 e. The number of nitrogens with zero attached hydrogens (tertiary/aromatic N) is 1. The zero-order valence-electron chi connectivity index (χ0n) is 11.6. The van der Waals surface area contributed by atoms with E-state index in [0.29, 0.717) is 0 Å². The van der Waals surface area contributed by atoms with E-state index < -0.39 is 11.3 Å². The van der Waals surface area contributed by atoms with E-state index in [1.165, 1.54) is 12.1 Å². The van der Waals surface area contributed by atoms with Gasteiger partial charge in [-0.05, 0) is 18.9 Å². The number of nitro benzene ring substituents is 1. The van der Waals surface area contributed by atoms with Gasteiger partial charge < -0.3 is 11.1 Å². The maximum Gasteiger partial charge on any atom is 0.270 e. The summed E-state index contributed by atoms with van der Waals surface area (Å²) in [6.07, 6.45) is 2.04. The highest BCUT2D eigenvalue weighted by Crippen LogP contribution is 2.32. The van der Waals surface area contributed by atoms with Gasteiger partial charge in [-0.2, -0.15) is 0 Å². The van der Waals surface area contributed by atoms with Crippen molar-refractivity contribution < 1.29 is 13.7 Å². The Hall–Kier alpha value is -1.76. The number of nitrogens with one attached hydrogen (secondary N) is 1. The first-order chi connectivity index (χ1) is 9.99. The van der Waals surface area contributed by atoms with Gasteiger partial charge in [-0.25, -0.2) is 8.78 Å². The number of nitrogens with two attached hydrogens (primary N) is 1. The lowest BCUT2D eigenvalue weighted by Crippen LogP contribution is -2.39. The summed E-state index contributed by atoms with van der Waals surface area (Å²) >= 11 is 0. The second-order valence-electron chi connectivity index (χ2n) is 5.38. The molecule has 0 spiro atoms. The van der Waals surface area contributed by atoms with E-state index in [1.54, 1.807) is 0 Å². The zero-order chi connectivity index (χ0) is 15.4. The Labute approximate surface area is 121 Å². The number of alkyl halides is 2. The SMILES string of the molecule is NC1CCCCCC1Nc1ccc([N+](=O)[O-])cc1C(F)F. The quantitative estimate of drug-likeness (QED) is 0.505. The summed E-state index contributed by atoms with van der Waals surface area (Å²) in [4.78, 5) is 10.0. The predicted octanol–water partition coefficient (Wildman–Crippen LogP) is 3.60. The van der Waals surface area contributed by atoms with Gasteiger partial charge in [0.1, 0.15) is 0 Å². The van der Waals surface area contributed by atoms with E-state index >= 15 is 0 Å². The van der Waals surface area contributed by atoms with Gasteiger partial charge in [0.25, 0.3) is 12.1 Å². The van der Waals surface area contributed by atoms with Crippen LogP contribution < -0.4 is 11.1 Å². The van der Waals surface area contributed by atoms with Crippen LogP contribution in [0.2, 0.25) is 0 Å². The molecule has 2 unspecified atom stereocenters. The van der Waals surface area contributed by atoms with Gasteiger partial charge in [-0.1, -0.05) is 19.3 Å². The molecule has 1 aromatic carbocycles. The third-order valence-corrected chi connectivity index (χ3v) is 3.89. The Morgan fingerprint density at radius 2 is 2.00 bits per heavy atom. The van der Waals surface area contributed by atoms with E-state index in [4.69, 9.17) is 5.73 Å². The number of benzene rings is 1. The van der Waals surface area contributed by atoms with Crippen LogP contribution in [-0.4, -0.2) is 17.0 Å². The standard InChI is InChI=1S/C14H19F2N3O2/c15-14(16)10-8-9(19(20)21)6-7-12(10)18-13-5-3-1-2-4-11(13)17/h6-8,11,13-14,18H,1-5,17H2. The fourth-order valence-electron chi connectivity index (χ4n) is 2.69. The number of halogens is 2. The van der Waals surface area contributed by atoms with Crippen molar-refractivity contribution in [2.45, 2.75) is 50.6 Å². The summed E-state index contributed by atoms with van der Waals surface area (Å²) in [6.45, 7) is 0. The van der Waals surface area contributed by atoms with Gasteiger partial charge in [0.2, 0.25) is 0 Å². The molecule has 0 amide bonds. The number of hydrogen-bond acceptors (Lipinski definition) is 4. The van der Waals surface area contributed by atoms with Crippen molar-refractivity contribution in [3.8, 4) is 0 Å².